The molecular weight excluding hydrogens is 122 g/mol. The quantitative estimate of drug-likeness (QED) is 0.463. The maximum atomic E-state index is 2.40. The fourth-order valence-electron chi connectivity index (χ4n) is 1.42. The van der Waals surface area contributed by atoms with Crippen LogP contribution in [0, 0.1) is 5.92 Å². The second kappa shape index (κ2) is 3.20. The van der Waals surface area contributed by atoms with Gasteiger partial charge in [0.1, 0.15) is 0 Å². The minimum atomic E-state index is 0.757. The van der Waals surface area contributed by atoms with Gasteiger partial charge in [-0.25, -0.2) is 0 Å². The summed E-state index contributed by atoms with van der Waals surface area (Å²) >= 11 is 0. The number of rotatable bonds is 0. The molecule has 0 bridgehead atoms. The van der Waals surface area contributed by atoms with Gasteiger partial charge in [0.05, 0.1) is 0 Å². The van der Waals surface area contributed by atoms with Gasteiger partial charge in [0, 0.05) is 13.1 Å². The molecule has 1 rings (SSSR count). The summed E-state index contributed by atoms with van der Waals surface area (Å²) in [7, 11) is 2.20. The van der Waals surface area contributed by atoms with Crippen LogP contribution < -0.4 is 0 Å². The molecule has 0 aromatic rings. The topological polar surface area (TPSA) is 3.24 Å². The van der Waals surface area contributed by atoms with E-state index in [2.05, 4.69) is 31.9 Å². The minimum absolute atomic E-state index is 0.757. The Labute approximate surface area is 63.7 Å². The van der Waals surface area contributed by atoms with Crippen LogP contribution in [0.4, 0.5) is 0 Å². The summed E-state index contributed by atoms with van der Waals surface area (Å²) in [4.78, 5) is 2.40. The smallest absolute Gasteiger partial charge is 0.00413 e. The first kappa shape index (κ1) is 7.80. The van der Waals surface area contributed by atoms with E-state index in [0.29, 0.717) is 0 Å². The molecular formula is C9H17N. The predicted octanol–water partition coefficient (Wildman–Crippen LogP) is 1.90. The number of nitrogens with zero attached hydrogens (tertiary/aromatic N) is 1. The first-order valence-corrected chi connectivity index (χ1v) is 4.05. The van der Waals surface area contributed by atoms with Gasteiger partial charge in [0.15, 0.2) is 0 Å². The van der Waals surface area contributed by atoms with Crippen molar-refractivity contribution in [3.05, 3.63) is 11.6 Å². The molecule has 0 fully saturated rings. The molecule has 1 aliphatic heterocycles. The van der Waals surface area contributed by atoms with E-state index in [1.807, 2.05) is 0 Å². The van der Waals surface area contributed by atoms with Crippen LogP contribution in [0.5, 0.6) is 0 Å². The summed E-state index contributed by atoms with van der Waals surface area (Å²) < 4.78 is 0. The van der Waals surface area contributed by atoms with Gasteiger partial charge < -0.3 is 4.90 Å². The van der Waals surface area contributed by atoms with Crippen LogP contribution in [-0.2, 0) is 0 Å². The van der Waals surface area contributed by atoms with E-state index in [9.17, 15) is 0 Å². The molecule has 1 nitrogen and oxygen atoms in total. The van der Waals surface area contributed by atoms with E-state index >= 15 is 0 Å². The maximum Gasteiger partial charge on any atom is 0.00413 e. The first-order chi connectivity index (χ1) is 4.70. The van der Waals surface area contributed by atoms with Crippen molar-refractivity contribution in [3.63, 3.8) is 0 Å². The monoisotopic (exact) mass is 139 g/mol. The Morgan fingerprint density at radius 3 is 3.00 bits per heavy atom. The van der Waals surface area contributed by atoms with Crippen molar-refractivity contribution < 1.29 is 0 Å². The normalized spacial score (nSPS) is 29.5. The Bertz CT molecular complexity index is 138. The molecule has 1 heteroatoms. The van der Waals surface area contributed by atoms with Crippen LogP contribution in [-0.4, -0.2) is 25.0 Å². The van der Waals surface area contributed by atoms with Gasteiger partial charge in [0.2, 0.25) is 0 Å². The molecule has 1 aliphatic rings. The molecule has 0 aliphatic carbocycles. The third kappa shape index (κ3) is 1.84. The second-order valence-electron chi connectivity index (χ2n) is 3.40. The highest BCUT2D eigenvalue weighted by molar-refractivity contribution is 5.04. The van der Waals surface area contributed by atoms with Crippen LogP contribution in [0.2, 0.25) is 0 Å². The zero-order chi connectivity index (χ0) is 7.56. The molecule has 1 heterocycles. The summed E-state index contributed by atoms with van der Waals surface area (Å²) in [6.07, 6.45) is 3.60. The summed E-state index contributed by atoms with van der Waals surface area (Å²) in [5, 5.41) is 0. The third-order valence-electron chi connectivity index (χ3n) is 2.34. The third-order valence-corrected chi connectivity index (χ3v) is 2.34. The van der Waals surface area contributed by atoms with Crippen molar-refractivity contribution in [2.45, 2.75) is 20.3 Å². The average molecular weight is 139 g/mol. The van der Waals surface area contributed by atoms with Gasteiger partial charge in [-0.2, -0.15) is 0 Å². The van der Waals surface area contributed by atoms with Crippen LogP contribution in [0.1, 0.15) is 20.3 Å². The van der Waals surface area contributed by atoms with E-state index in [1.54, 1.807) is 5.57 Å². The zero-order valence-electron chi connectivity index (χ0n) is 7.22. The van der Waals surface area contributed by atoms with Gasteiger partial charge in [0.25, 0.3) is 0 Å². The molecule has 0 aromatic carbocycles. The van der Waals surface area contributed by atoms with Crippen molar-refractivity contribution in [2.24, 2.45) is 5.92 Å². The molecule has 0 N–H and O–H groups in total. The largest absolute Gasteiger partial charge is 0.305 e. The van der Waals surface area contributed by atoms with Crippen molar-refractivity contribution in [3.8, 4) is 0 Å². The summed E-state index contributed by atoms with van der Waals surface area (Å²) in [5.74, 6) is 0.757. The Hall–Kier alpha value is -0.300. The van der Waals surface area contributed by atoms with E-state index < -0.39 is 0 Å². The van der Waals surface area contributed by atoms with Gasteiger partial charge >= 0.3 is 0 Å². The highest BCUT2D eigenvalue weighted by atomic mass is 15.1. The van der Waals surface area contributed by atoms with Gasteiger partial charge in [-0.3, -0.25) is 0 Å². The summed E-state index contributed by atoms with van der Waals surface area (Å²) in [5.41, 5.74) is 1.56. The minimum Gasteiger partial charge on any atom is -0.305 e. The summed E-state index contributed by atoms with van der Waals surface area (Å²) in [6, 6.07) is 0. The fraction of sp³-hybridized carbons (Fsp3) is 0.778. The Kier molecular flexibility index (Phi) is 2.50. The van der Waals surface area contributed by atoms with E-state index in [1.165, 1.54) is 19.5 Å². The number of hydrogen-bond acceptors (Lipinski definition) is 1. The zero-order valence-corrected chi connectivity index (χ0v) is 7.22. The lowest BCUT2D eigenvalue weighted by Gasteiger charge is -2.17. The SMILES string of the molecule is CC1=CCCN(C)C[C@H]1C. The molecule has 0 saturated carbocycles. The average Bonchev–Trinajstić information content (AvgIpc) is 1.96. The molecule has 0 unspecified atom stereocenters. The summed E-state index contributed by atoms with van der Waals surface area (Å²) in [6.45, 7) is 6.99. The van der Waals surface area contributed by atoms with Gasteiger partial charge in [-0.1, -0.05) is 18.6 Å². The molecule has 0 aromatic heterocycles. The Balaban J connectivity index is 2.55. The Morgan fingerprint density at radius 2 is 2.30 bits per heavy atom. The molecule has 0 saturated heterocycles. The van der Waals surface area contributed by atoms with Crippen molar-refractivity contribution in [1.82, 2.24) is 4.90 Å². The second-order valence-corrected chi connectivity index (χ2v) is 3.40. The molecule has 10 heavy (non-hydrogen) atoms. The van der Waals surface area contributed by atoms with Gasteiger partial charge in [-0.05, 0) is 26.3 Å². The van der Waals surface area contributed by atoms with Gasteiger partial charge in [-0.15, -0.1) is 0 Å². The van der Waals surface area contributed by atoms with Crippen molar-refractivity contribution >= 4 is 0 Å². The first-order valence-electron chi connectivity index (χ1n) is 4.05. The van der Waals surface area contributed by atoms with E-state index in [-0.39, 0.29) is 0 Å². The van der Waals surface area contributed by atoms with E-state index in [0.717, 1.165) is 5.92 Å². The fourth-order valence-corrected chi connectivity index (χ4v) is 1.42. The Morgan fingerprint density at radius 1 is 1.60 bits per heavy atom. The van der Waals surface area contributed by atoms with E-state index in [4.69, 9.17) is 0 Å². The predicted molar refractivity (Wildman–Crippen MR) is 45.0 cm³/mol. The van der Waals surface area contributed by atoms with Crippen LogP contribution in [0.25, 0.3) is 0 Å². The van der Waals surface area contributed by atoms with Crippen LogP contribution >= 0.6 is 0 Å². The highest BCUT2D eigenvalue weighted by Crippen LogP contribution is 2.15. The lowest BCUT2D eigenvalue weighted by atomic mass is 10.0. The van der Waals surface area contributed by atoms with Crippen molar-refractivity contribution in [1.29, 1.82) is 0 Å². The molecule has 1 atom stereocenters. The lowest BCUT2D eigenvalue weighted by Crippen LogP contribution is -2.23. The highest BCUT2D eigenvalue weighted by Gasteiger charge is 2.10. The van der Waals surface area contributed by atoms with Crippen molar-refractivity contribution in [2.75, 3.05) is 20.1 Å². The maximum absolute atomic E-state index is 2.40. The molecule has 0 spiro atoms. The molecule has 0 amide bonds. The standard InChI is InChI=1S/C9H17N/c1-8-5-4-6-10(3)7-9(8)2/h5,9H,4,6-7H2,1-3H3/t9-/m1/s1. The molecule has 0 radical (unpaired) electrons. The van der Waals surface area contributed by atoms with Crippen LogP contribution in [0.15, 0.2) is 11.6 Å². The van der Waals surface area contributed by atoms with Crippen LogP contribution in [0.3, 0.4) is 0 Å². The lowest BCUT2D eigenvalue weighted by molar-refractivity contribution is 0.318. The number of hydrogen-bond donors (Lipinski definition) is 0. The molecule has 58 valence electrons.